The Morgan fingerprint density at radius 1 is 1.21 bits per heavy atom. The van der Waals surface area contributed by atoms with Crippen LogP contribution in [0.15, 0.2) is 30.5 Å². The van der Waals surface area contributed by atoms with Gasteiger partial charge in [-0.05, 0) is 50.4 Å². The molecule has 1 aromatic heterocycles. The average Bonchev–Trinajstić information content (AvgIpc) is 3.33. The minimum Gasteiger partial charge on any atom is -0.371 e. The van der Waals surface area contributed by atoms with E-state index in [2.05, 4.69) is 50.1 Å². The number of rotatable bonds is 6. The van der Waals surface area contributed by atoms with E-state index in [1.54, 1.807) is 6.20 Å². The maximum Gasteiger partial charge on any atom is 0.273 e. The summed E-state index contributed by atoms with van der Waals surface area (Å²) in [5, 5.41) is 14.5. The minimum atomic E-state index is -0.132. The molecule has 7 nitrogen and oxygen atoms in total. The molecule has 0 saturated carbocycles. The van der Waals surface area contributed by atoms with E-state index in [4.69, 9.17) is 0 Å². The second-order valence-corrected chi connectivity index (χ2v) is 7.04. The number of nitrogens with one attached hydrogen (secondary N) is 2. The summed E-state index contributed by atoms with van der Waals surface area (Å²) < 4.78 is 1.84. The first-order chi connectivity index (χ1) is 12.8. The third-order valence-corrected chi connectivity index (χ3v) is 5.30. The van der Waals surface area contributed by atoms with Gasteiger partial charge in [0.25, 0.3) is 5.91 Å². The van der Waals surface area contributed by atoms with Gasteiger partial charge in [-0.2, -0.15) is 0 Å². The number of hydrogen-bond donors (Lipinski definition) is 2. The Bertz CT molecular complexity index is 762. The Morgan fingerprint density at radius 2 is 2.00 bits per heavy atom. The molecule has 1 amide bonds. The van der Waals surface area contributed by atoms with E-state index in [-0.39, 0.29) is 30.7 Å². The van der Waals surface area contributed by atoms with Crippen molar-refractivity contribution < 1.29 is 4.79 Å². The Labute approximate surface area is 178 Å². The fraction of sp³-hybridized carbons (Fsp3) is 0.526. The summed E-state index contributed by atoms with van der Waals surface area (Å²) in [5.74, 6) is -0.132. The third kappa shape index (κ3) is 5.16. The van der Waals surface area contributed by atoms with Crippen LogP contribution < -0.4 is 15.5 Å². The topological polar surface area (TPSA) is 75.1 Å². The molecule has 154 valence electrons. The molecular formula is C19H28Cl2N6O. The molecule has 2 aromatic rings. The van der Waals surface area contributed by atoms with Crippen molar-refractivity contribution in [1.29, 1.82) is 0 Å². The van der Waals surface area contributed by atoms with Gasteiger partial charge in [0.2, 0.25) is 0 Å². The summed E-state index contributed by atoms with van der Waals surface area (Å²) in [6, 6.07) is 8.91. The van der Waals surface area contributed by atoms with Gasteiger partial charge in [0, 0.05) is 25.3 Å². The quantitative estimate of drug-likeness (QED) is 0.692. The summed E-state index contributed by atoms with van der Waals surface area (Å²) >= 11 is 0. The van der Waals surface area contributed by atoms with Crippen molar-refractivity contribution in [1.82, 2.24) is 25.6 Å². The number of carbonyl (C=O) groups excluding carboxylic acids is 1. The molecule has 0 bridgehead atoms. The highest BCUT2D eigenvalue weighted by molar-refractivity contribution is 5.91. The minimum absolute atomic E-state index is 0. The Morgan fingerprint density at radius 3 is 2.82 bits per heavy atom. The van der Waals surface area contributed by atoms with E-state index < -0.39 is 0 Å². The SMILES string of the molecule is Cl.Cl.O=C(NCCCN1CCc2ccccc21)c1cn(C2CCNCC2)nn1. The van der Waals surface area contributed by atoms with E-state index in [1.165, 1.54) is 11.3 Å². The maximum absolute atomic E-state index is 12.3. The molecule has 0 atom stereocenters. The van der Waals surface area contributed by atoms with Crippen LogP contribution in [0.2, 0.25) is 0 Å². The van der Waals surface area contributed by atoms with Crippen LogP contribution in [0.3, 0.4) is 0 Å². The summed E-state index contributed by atoms with van der Waals surface area (Å²) in [5.41, 5.74) is 3.17. The standard InChI is InChI=1S/C19H26N6O.2ClH/c26-19(17-14-25(23-22-17)16-6-10-20-11-7-16)21-9-3-12-24-13-8-15-4-1-2-5-18(15)24;;/h1-2,4-5,14,16,20H,3,6-13H2,(H,21,26);2*1H. The number of hydrogen-bond acceptors (Lipinski definition) is 5. The Kier molecular flexibility index (Phi) is 8.54. The van der Waals surface area contributed by atoms with Gasteiger partial charge in [0.1, 0.15) is 0 Å². The third-order valence-electron chi connectivity index (χ3n) is 5.30. The molecule has 1 aromatic carbocycles. The van der Waals surface area contributed by atoms with Crippen molar-refractivity contribution in [3.8, 4) is 0 Å². The van der Waals surface area contributed by atoms with Gasteiger partial charge in [-0.3, -0.25) is 4.79 Å². The molecule has 2 aliphatic rings. The zero-order valence-corrected chi connectivity index (χ0v) is 17.5. The van der Waals surface area contributed by atoms with Crippen LogP contribution in [0.5, 0.6) is 0 Å². The summed E-state index contributed by atoms with van der Waals surface area (Å²) in [6.45, 7) is 4.66. The lowest BCUT2D eigenvalue weighted by molar-refractivity contribution is 0.0948. The number of halogens is 2. The number of piperidine rings is 1. The number of amides is 1. The van der Waals surface area contributed by atoms with Crippen molar-refractivity contribution in [2.75, 3.05) is 37.6 Å². The predicted octanol–water partition coefficient (Wildman–Crippen LogP) is 2.23. The van der Waals surface area contributed by atoms with Crippen molar-refractivity contribution >= 4 is 36.4 Å². The monoisotopic (exact) mass is 426 g/mol. The highest BCUT2D eigenvalue weighted by Gasteiger charge is 2.19. The van der Waals surface area contributed by atoms with E-state index in [1.807, 2.05) is 4.68 Å². The first-order valence-corrected chi connectivity index (χ1v) is 9.55. The highest BCUT2D eigenvalue weighted by atomic mass is 35.5. The zero-order valence-electron chi connectivity index (χ0n) is 15.8. The van der Waals surface area contributed by atoms with E-state index >= 15 is 0 Å². The molecular weight excluding hydrogens is 399 g/mol. The average molecular weight is 427 g/mol. The number of carbonyl (C=O) groups is 1. The lowest BCUT2D eigenvalue weighted by Gasteiger charge is -2.22. The van der Waals surface area contributed by atoms with Crippen LogP contribution >= 0.6 is 24.8 Å². The number of anilines is 1. The van der Waals surface area contributed by atoms with Gasteiger partial charge in [0.05, 0.1) is 12.2 Å². The van der Waals surface area contributed by atoms with Crippen molar-refractivity contribution in [3.05, 3.63) is 41.7 Å². The van der Waals surface area contributed by atoms with Crippen LogP contribution in [0, 0.1) is 0 Å². The molecule has 2 N–H and O–H groups in total. The first kappa shape index (κ1) is 22.5. The smallest absolute Gasteiger partial charge is 0.273 e. The molecule has 0 aliphatic carbocycles. The van der Waals surface area contributed by atoms with Gasteiger partial charge in [-0.15, -0.1) is 29.9 Å². The summed E-state index contributed by atoms with van der Waals surface area (Å²) in [4.78, 5) is 14.7. The molecule has 1 fully saturated rings. The van der Waals surface area contributed by atoms with Gasteiger partial charge in [-0.1, -0.05) is 23.4 Å². The van der Waals surface area contributed by atoms with Crippen LogP contribution in [-0.4, -0.2) is 53.6 Å². The normalized spacial score (nSPS) is 16.1. The maximum atomic E-state index is 12.3. The van der Waals surface area contributed by atoms with Crippen LogP contribution in [0.1, 0.15) is 41.4 Å². The van der Waals surface area contributed by atoms with E-state index in [9.17, 15) is 4.79 Å². The molecule has 0 spiro atoms. The molecule has 1 saturated heterocycles. The van der Waals surface area contributed by atoms with Gasteiger partial charge in [0.15, 0.2) is 5.69 Å². The lowest BCUT2D eigenvalue weighted by Crippen LogP contribution is -2.30. The highest BCUT2D eigenvalue weighted by Crippen LogP contribution is 2.27. The van der Waals surface area contributed by atoms with E-state index in [0.717, 1.165) is 51.9 Å². The number of aromatic nitrogens is 3. The van der Waals surface area contributed by atoms with Crippen molar-refractivity contribution in [3.63, 3.8) is 0 Å². The fourth-order valence-electron chi connectivity index (χ4n) is 3.83. The zero-order chi connectivity index (χ0) is 17.8. The fourth-order valence-corrected chi connectivity index (χ4v) is 3.83. The van der Waals surface area contributed by atoms with Gasteiger partial charge in [-0.25, -0.2) is 4.68 Å². The lowest BCUT2D eigenvalue weighted by atomic mass is 10.1. The summed E-state index contributed by atoms with van der Waals surface area (Å²) in [7, 11) is 0. The number of fused-ring (bicyclic) bond motifs is 1. The Hall–Kier alpha value is -1.83. The number of benzene rings is 1. The first-order valence-electron chi connectivity index (χ1n) is 9.55. The molecule has 0 radical (unpaired) electrons. The second kappa shape index (κ2) is 10.6. The second-order valence-electron chi connectivity index (χ2n) is 7.04. The molecule has 28 heavy (non-hydrogen) atoms. The van der Waals surface area contributed by atoms with Gasteiger partial charge >= 0.3 is 0 Å². The number of nitrogens with zero attached hydrogens (tertiary/aromatic N) is 4. The van der Waals surface area contributed by atoms with Crippen LogP contribution in [0.4, 0.5) is 5.69 Å². The van der Waals surface area contributed by atoms with E-state index in [0.29, 0.717) is 18.3 Å². The molecule has 0 unspecified atom stereocenters. The molecule has 2 aliphatic heterocycles. The van der Waals surface area contributed by atoms with Crippen molar-refractivity contribution in [2.24, 2.45) is 0 Å². The van der Waals surface area contributed by atoms with Gasteiger partial charge < -0.3 is 15.5 Å². The predicted molar refractivity (Wildman–Crippen MR) is 115 cm³/mol. The summed E-state index contributed by atoms with van der Waals surface area (Å²) in [6.07, 6.45) is 5.87. The van der Waals surface area contributed by atoms with Crippen LogP contribution in [0.25, 0.3) is 0 Å². The van der Waals surface area contributed by atoms with Crippen molar-refractivity contribution in [2.45, 2.75) is 31.7 Å². The molecule has 9 heteroatoms. The largest absolute Gasteiger partial charge is 0.371 e. The molecule has 3 heterocycles. The molecule has 4 rings (SSSR count). The number of para-hydroxylation sites is 1. The van der Waals surface area contributed by atoms with Crippen LogP contribution in [-0.2, 0) is 6.42 Å². The Balaban J connectivity index is 0.00000140.